The first-order valence-electron chi connectivity index (χ1n) is 2.62. The highest BCUT2D eigenvalue weighted by atomic mass is 19.1. The molecule has 0 saturated carbocycles. The largest absolute Gasteiger partial charge is 0.208 e. The molecule has 0 aromatic heterocycles. The van der Waals surface area contributed by atoms with Crippen molar-refractivity contribution in [2.75, 3.05) is 0 Å². The van der Waals surface area contributed by atoms with Crippen molar-refractivity contribution in [1.82, 2.24) is 0 Å². The zero-order chi connectivity index (χ0) is 7.56. The van der Waals surface area contributed by atoms with Gasteiger partial charge in [0, 0.05) is 0 Å². The Kier molecular flexibility index (Phi) is 1.80. The Balaban J connectivity index is 3.16. The second kappa shape index (κ2) is 2.60. The van der Waals surface area contributed by atoms with Crippen LogP contribution in [0.15, 0.2) is 23.4 Å². The number of halogens is 1. The third kappa shape index (κ3) is 1.21. The fourth-order valence-corrected chi connectivity index (χ4v) is 0.588. The van der Waals surface area contributed by atoms with Gasteiger partial charge in [0.1, 0.15) is 19.4 Å². The molecule has 1 aromatic rings. The Morgan fingerprint density at radius 2 is 2.20 bits per heavy atom. The van der Waals surface area contributed by atoms with E-state index in [2.05, 4.69) is 5.18 Å². The molecule has 0 unspecified atom stereocenters. The zero-order valence-corrected chi connectivity index (χ0v) is 5.04. The smallest absolute Gasteiger partial charge is 0.118 e. The molecule has 10 heavy (non-hydrogen) atoms. The summed E-state index contributed by atoms with van der Waals surface area (Å²) in [4.78, 5) is 9.84. The van der Waals surface area contributed by atoms with Crippen molar-refractivity contribution in [3.05, 3.63) is 28.9 Å². The van der Waals surface area contributed by atoms with Crippen molar-refractivity contribution in [1.29, 1.82) is 0 Å². The third-order valence-electron chi connectivity index (χ3n) is 1.08. The molecular weight excluding hydrogens is 132 g/mol. The molecule has 0 aliphatic heterocycles. The van der Waals surface area contributed by atoms with E-state index in [-0.39, 0.29) is 11.2 Å². The Hall–Kier alpha value is -1.19. The highest BCUT2D eigenvalue weighted by Crippen LogP contribution is 2.08. The highest BCUT2D eigenvalue weighted by molar-refractivity contribution is 6.32. The summed E-state index contributed by atoms with van der Waals surface area (Å²) in [6.07, 6.45) is 0. The first kappa shape index (κ1) is 6.93. The fraction of sp³-hybridized carbons (Fsp3) is 0. The van der Waals surface area contributed by atoms with Crippen LogP contribution in [0.1, 0.15) is 0 Å². The lowest BCUT2D eigenvalue weighted by atomic mass is 9.95. The van der Waals surface area contributed by atoms with Gasteiger partial charge in [-0.1, -0.05) is 5.46 Å². The molecule has 0 atom stereocenters. The Morgan fingerprint density at radius 1 is 1.50 bits per heavy atom. The number of rotatable bonds is 1. The minimum atomic E-state index is -0.535. The van der Waals surface area contributed by atoms with Gasteiger partial charge < -0.3 is 0 Å². The van der Waals surface area contributed by atoms with Crippen molar-refractivity contribution < 1.29 is 4.39 Å². The van der Waals surface area contributed by atoms with E-state index < -0.39 is 5.82 Å². The minimum Gasteiger partial charge on any atom is -0.208 e. The standard InChI is InChI=1S/C6H3BFNO/c7-5-3-4(9-10)1-2-6(5)8/h1-3H. The topological polar surface area (TPSA) is 29.4 Å². The van der Waals surface area contributed by atoms with E-state index in [1.165, 1.54) is 12.1 Å². The number of benzene rings is 1. The van der Waals surface area contributed by atoms with Crippen LogP contribution in [0.4, 0.5) is 10.1 Å². The first-order valence-corrected chi connectivity index (χ1v) is 2.62. The monoisotopic (exact) mass is 135 g/mol. The van der Waals surface area contributed by atoms with Crippen LogP contribution in [0.3, 0.4) is 0 Å². The van der Waals surface area contributed by atoms with E-state index in [0.717, 1.165) is 6.07 Å². The van der Waals surface area contributed by atoms with E-state index in [4.69, 9.17) is 7.85 Å². The Morgan fingerprint density at radius 3 is 2.70 bits per heavy atom. The summed E-state index contributed by atoms with van der Waals surface area (Å²) in [5.74, 6) is -0.535. The van der Waals surface area contributed by atoms with Crippen molar-refractivity contribution in [2.24, 2.45) is 5.18 Å². The lowest BCUT2D eigenvalue weighted by Gasteiger charge is -1.93. The van der Waals surface area contributed by atoms with E-state index in [1.807, 2.05) is 0 Å². The van der Waals surface area contributed by atoms with Gasteiger partial charge in [-0.3, -0.25) is 0 Å². The van der Waals surface area contributed by atoms with Gasteiger partial charge in [0.2, 0.25) is 0 Å². The molecular formula is C6H3BFNO. The van der Waals surface area contributed by atoms with Crippen LogP contribution in [0.5, 0.6) is 0 Å². The van der Waals surface area contributed by atoms with Gasteiger partial charge >= 0.3 is 0 Å². The Labute approximate surface area is 58.4 Å². The van der Waals surface area contributed by atoms with Gasteiger partial charge in [-0.05, 0) is 23.4 Å². The van der Waals surface area contributed by atoms with Gasteiger partial charge in [0.15, 0.2) is 0 Å². The molecule has 4 heteroatoms. The number of hydrogen-bond donors (Lipinski definition) is 0. The Bertz CT molecular complexity index is 264. The molecule has 0 aliphatic rings. The molecule has 0 bridgehead atoms. The van der Waals surface area contributed by atoms with Crippen molar-refractivity contribution in [2.45, 2.75) is 0 Å². The lowest BCUT2D eigenvalue weighted by molar-refractivity contribution is 0.636. The minimum absolute atomic E-state index is 0.0582. The number of nitrogens with zero attached hydrogens (tertiary/aromatic N) is 1. The van der Waals surface area contributed by atoms with Gasteiger partial charge in [-0.25, -0.2) is 4.39 Å². The van der Waals surface area contributed by atoms with Crippen LogP contribution in [0.2, 0.25) is 0 Å². The van der Waals surface area contributed by atoms with Gasteiger partial charge in [-0.15, -0.1) is 4.91 Å². The molecule has 0 saturated heterocycles. The van der Waals surface area contributed by atoms with Crippen LogP contribution < -0.4 is 5.46 Å². The summed E-state index contributed by atoms with van der Waals surface area (Å²) in [7, 11) is 5.12. The third-order valence-corrected chi connectivity index (χ3v) is 1.08. The lowest BCUT2D eigenvalue weighted by Crippen LogP contribution is -2.06. The van der Waals surface area contributed by atoms with Crippen LogP contribution in [-0.2, 0) is 0 Å². The van der Waals surface area contributed by atoms with E-state index in [1.54, 1.807) is 0 Å². The molecule has 0 amide bonds. The predicted octanol–water partition coefficient (Wildman–Crippen LogP) is 1.02. The van der Waals surface area contributed by atoms with Crippen molar-refractivity contribution in [3.63, 3.8) is 0 Å². The van der Waals surface area contributed by atoms with Gasteiger partial charge in [0.25, 0.3) is 0 Å². The maximum Gasteiger partial charge on any atom is 0.118 e. The summed E-state index contributed by atoms with van der Waals surface area (Å²) >= 11 is 0. The highest BCUT2D eigenvalue weighted by Gasteiger charge is 1.96. The summed E-state index contributed by atoms with van der Waals surface area (Å²) in [6, 6.07) is 3.55. The normalized spacial score (nSPS) is 9.30. The van der Waals surface area contributed by atoms with Crippen molar-refractivity contribution in [3.8, 4) is 0 Å². The molecule has 48 valence electrons. The average Bonchev–Trinajstić information content (AvgIpc) is 1.95. The zero-order valence-electron chi connectivity index (χ0n) is 5.04. The molecule has 0 heterocycles. The van der Waals surface area contributed by atoms with Crippen molar-refractivity contribution >= 4 is 19.0 Å². The summed E-state index contributed by atoms with van der Waals surface area (Å²) < 4.78 is 12.4. The molecule has 0 fully saturated rings. The average molecular weight is 135 g/mol. The molecule has 0 spiro atoms. The van der Waals surface area contributed by atoms with Gasteiger partial charge in [0.05, 0.1) is 0 Å². The number of hydrogen-bond acceptors (Lipinski definition) is 2. The van der Waals surface area contributed by atoms with Crippen LogP contribution in [-0.4, -0.2) is 7.85 Å². The van der Waals surface area contributed by atoms with E-state index >= 15 is 0 Å². The fourth-order valence-electron chi connectivity index (χ4n) is 0.588. The van der Waals surface area contributed by atoms with E-state index in [9.17, 15) is 9.30 Å². The van der Waals surface area contributed by atoms with E-state index in [0.29, 0.717) is 0 Å². The molecule has 1 rings (SSSR count). The molecule has 2 radical (unpaired) electrons. The van der Waals surface area contributed by atoms with Crippen LogP contribution in [0, 0.1) is 10.7 Å². The van der Waals surface area contributed by atoms with Crippen LogP contribution in [0.25, 0.3) is 0 Å². The first-order chi connectivity index (χ1) is 4.74. The second-order valence-electron chi connectivity index (χ2n) is 1.80. The summed E-state index contributed by atoms with van der Waals surface area (Å²) in [5.41, 5.74) is 0.0796. The number of nitroso groups, excluding NO2 is 1. The molecule has 2 nitrogen and oxygen atoms in total. The van der Waals surface area contributed by atoms with Gasteiger partial charge in [-0.2, -0.15) is 0 Å². The maximum atomic E-state index is 12.4. The SMILES string of the molecule is [B]c1cc(N=O)ccc1F. The molecule has 1 aromatic carbocycles. The van der Waals surface area contributed by atoms with Crippen LogP contribution >= 0.6 is 0 Å². The second-order valence-corrected chi connectivity index (χ2v) is 1.80. The summed E-state index contributed by atoms with van der Waals surface area (Å²) in [5, 5.41) is 2.58. The molecule has 0 aliphatic carbocycles. The predicted molar refractivity (Wildman–Crippen MR) is 37.2 cm³/mol. The summed E-state index contributed by atoms with van der Waals surface area (Å²) in [6.45, 7) is 0. The maximum absolute atomic E-state index is 12.4. The molecule has 0 N–H and O–H groups in total. The quantitative estimate of drug-likeness (QED) is 0.417.